The van der Waals surface area contributed by atoms with Gasteiger partial charge in [0.15, 0.2) is 9.84 Å². The van der Waals surface area contributed by atoms with Crippen LogP contribution in [0.4, 0.5) is 10.5 Å². The van der Waals surface area contributed by atoms with Crippen molar-refractivity contribution in [3.8, 4) is 0 Å². The highest BCUT2D eigenvalue weighted by atomic mass is 35.5. The molecular formula is C16H19ClN2O3S2. The van der Waals surface area contributed by atoms with E-state index in [1.54, 1.807) is 11.3 Å². The van der Waals surface area contributed by atoms with E-state index in [4.69, 9.17) is 11.6 Å². The van der Waals surface area contributed by atoms with Crippen LogP contribution in [0.5, 0.6) is 0 Å². The summed E-state index contributed by atoms with van der Waals surface area (Å²) < 4.78 is 23.3. The molecule has 0 fully saturated rings. The Morgan fingerprint density at radius 2 is 1.96 bits per heavy atom. The molecule has 1 aromatic heterocycles. The highest BCUT2D eigenvalue weighted by Crippen LogP contribution is 2.27. The number of anilines is 1. The van der Waals surface area contributed by atoms with E-state index >= 15 is 0 Å². The highest BCUT2D eigenvalue weighted by Gasteiger charge is 2.20. The van der Waals surface area contributed by atoms with Crippen LogP contribution in [0.2, 0.25) is 5.02 Å². The second-order valence-corrected chi connectivity index (χ2v) is 9.15. The first-order chi connectivity index (χ1) is 11.2. The van der Waals surface area contributed by atoms with Gasteiger partial charge in [0.1, 0.15) is 0 Å². The summed E-state index contributed by atoms with van der Waals surface area (Å²) in [6.07, 6.45) is 1.10. The zero-order chi connectivity index (χ0) is 17.9. The topological polar surface area (TPSA) is 75.3 Å². The predicted octanol–water partition coefficient (Wildman–Crippen LogP) is 4.32. The number of urea groups is 1. The van der Waals surface area contributed by atoms with E-state index in [1.807, 2.05) is 31.4 Å². The smallest absolute Gasteiger partial charge is 0.319 e. The van der Waals surface area contributed by atoms with Crippen molar-refractivity contribution < 1.29 is 13.2 Å². The highest BCUT2D eigenvalue weighted by molar-refractivity contribution is 7.90. The lowest BCUT2D eigenvalue weighted by Crippen LogP contribution is -2.34. The van der Waals surface area contributed by atoms with Gasteiger partial charge in [-0.2, -0.15) is 0 Å². The average molecular weight is 387 g/mol. The van der Waals surface area contributed by atoms with E-state index in [0.717, 1.165) is 11.1 Å². The number of halogens is 1. The lowest BCUT2D eigenvalue weighted by Gasteiger charge is -2.21. The molecule has 130 valence electrons. The Kier molecular flexibility index (Phi) is 5.90. The van der Waals surface area contributed by atoms with Crippen molar-refractivity contribution in [3.05, 3.63) is 45.6 Å². The van der Waals surface area contributed by atoms with E-state index in [9.17, 15) is 13.2 Å². The number of rotatable bonds is 5. The third kappa shape index (κ3) is 4.72. The maximum absolute atomic E-state index is 12.3. The summed E-state index contributed by atoms with van der Waals surface area (Å²) in [5.74, 6) is 0.201. The Morgan fingerprint density at radius 3 is 2.50 bits per heavy atom. The number of carbonyl (C=O) groups excluding carboxylic acids is 1. The van der Waals surface area contributed by atoms with Gasteiger partial charge in [0.05, 0.1) is 21.6 Å². The van der Waals surface area contributed by atoms with Crippen molar-refractivity contribution in [2.24, 2.45) is 5.92 Å². The first kappa shape index (κ1) is 18.8. The van der Waals surface area contributed by atoms with Crippen LogP contribution in [-0.4, -0.2) is 20.7 Å². The molecule has 0 unspecified atom stereocenters. The molecule has 24 heavy (non-hydrogen) atoms. The molecule has 0 aliphatic carbocycles. The number of carbonyl (C=O) groups is 1. The van der Waals surface area contributed by atoms with Crippen LogP contribution in [0.1, 0.15) is 24.8 Å². The third-order valence-corrected chi connectivity index (χ3v) is 5.81. The summed E-state index contributed by atoms with van der Waals surface area (Å²) in [5.41, 5.74) is 0.255. The van der Waals surface area contributed by atoms with Crippen LogP contribution in [0, 0.1) is 5.92 Å². The summed E-state index contributed by atoms with van der Waals surface area (Å²) in [4.78, 5) is 13.5. The summed E-state index contributed by atoms with van der Waals surface area (Å²) in [6, 6.07) is 7.54. The minimum absolute atomic E-state index is 0.0980. The maximum atomic E-state index is 12.3. The standard InChI is InChI=1S/C16H19ClN2O3S2/c1-10(2)15(14-5-4-8-23-14)19-16(20)18-13-9-11(24(3,21)22)6-7-12(13)17/h4-10,15H,1-3H3,(H2,18,19,20)/t15-/m0/s1. The Balaban J connectivity index is 2.17. The van der Waals surface area contributed by atoms with Crippen LogP contribution in [-0.2, 0) is 9.84 Å². The van der Waals surface area contributed by atoms with Crippen LogP contribution in [0.15, 0.2) is 40.6 Å². The van der Waals surface area contributed by atoms with Crippen LogP contribution >= 0.6 is 22.9 Å². The molecule has 1 atom stereocenters. The van der Waals surface area contributed by atoms with Crippen molar-refractivity contribution in [1.82, 2.24) is 5.32 Å². The zero-order valence-electron chi connectivity index (χ0n) is 13.5. The molecule has 0 aliphatic rings. The lowest BCUT2D eigenvalue weighted by molar-refractivity contribution is 0.245. The molecule has 1 heterocycles. The number of nitrogens with one attached hydrogen (secondary N) is 2. The van der Waals surface area contributed by atoms with E-state index in [2.05, 4.69) is 10.6 Å². The maximum Gasteiger partial charge on any atom is 0.319 e. The molecule has 0 spiro atoms. The second-order valence-electron chi connectivity index (χ2n) is 5.75. The van der Waals surface area contributed by atoms with Gasteiger partial charge in [0, 0.05) is 11.1 Å². The summed E-state index contributed by atoms with van der Waals surface area (Å²) in [7, 11) is -3.38. The monoisotopic (exact) mass is 386 g/mol. The van der Waals surface area contributed by atoms with E-state index in [-0.39, 0.29) is 27.6 Å². The number of benzene rings is 1. The fourth-order valence-electron chi connectivity index (χ4n) is 2.17. The zero-order valence-corrected chi connectivity index (χ0v) is 15.9. The predicted molar refractivity (Wildman–Crippen MR) is 98.6 cm³/mol. The van der Waals surface area contributed by atoms with Gasteiger partial charge in [-0.1, -0.05) is 31.5 Å². The molecular weight excluding hydrogens is 368 g/mol. The minimum Gasteiger partial charge on any atom is -0.330 e. The fourth-order valence-corrected chi connectivity index (χ4v) is 3.93. The Morgan fingerprint density at radius 1 is 1.25 bits per heavy atom. The molecule has 0 saturated heterocycles. The van der Waals surface area contributed by atoms with Crippen molar-refractivity contribution in [2.75, 3.05) is 11.6 Å². The first-order valence-electron chi connectivity index (χ1n) is 7.29. The molecule has 0 radical (unpaired) electrons. The normalized spacial score (nSPS) is 12.9. The molecule has 1 aromatic carbocycles. The minimum atomic E-state index is -3.38. The Labute approximate surface area is 151 Å². The molecule has 5 nitrogen and oxygen atoms in total. The van der Waals surface area contributed by atoms with Crippen molar-refractivity contribution >= 4 is 44.5 Å². The van der Waals surface area contributed by atoms with Gasteiger partial charge in [-0.25, -0.2) is 13.2 Å². The van der Waals surface area contributed by atoms with Crippen LogP contribution in [0.3, 0.4) is 0 Å². The summed E-state index contributed by atoms with van der Waals surface area (Å²) in [6.45, 7) is 4.03. The van der Waals surface area contributed by atoms with Crippen molar-refractivity contribution in [2.45, 2.75) is 24.8 Å². The van der Waals surface area contributed by atoms with Gasteiger partial charge < -0.3 is 10.6 Å². The van der Waals surface area contributed by atoms with E-state index < -0.39 is 15.9 Å². The number of hydrogen-bond acceptors (Lipinski definition) is 4. The van der Waals surface area contributed by atoms with Gasteiger partial charge in [-0.15, -0.1) is 11.3 Å². The van der Waals surface area contributed by atoms with Gasteiger partial charge in [0.25, 0.3) is 0 Å². The molecule has 2 rings (SSSR count). The van der Waals surface area contributed by atoms with Crippen LogP contribution < -0.4 is 10.6 Å². The largest absolute Gasteiger partial charge is 0.330 e. The van der Waals surface area contributed by atoms with E-state index in [0.29, 0.717) is 0 Å². The number of thiophene rings is 1. The van der Waals surface area contributed by atoms with Gasteiger partial charge in [-0.05, 0) is 35.6 Å². The van der Waals surface area contributed by atoms with Gasteiger partial charge in [0.2, 0.25) is 0 Å². The summed E-state index contributed by atoms with van der Waals surface area (Å²) >= 11 is 7.62. The number of hydrogen-bond donors (Lipinski definition) is 2. The molecule has 0 bridgehead atoms. The molecule has 2 aromatic rings. The molecule has 2 amide bonds. The molecule has 2 N–H and O–H groups in total. The molecule has 0 aliphatic heterocycles. The average Bonchev–Trinajstić information content (AvgIpc) is 2.99. The number of amides is 2. The third-order valence-electron chi connectivity index (χ3n) is 3.42. The molecule has 0 saturated carbocycles. The number of sulfone groups is 1. The molecule has 8 heteroatoms. The van der Waals surface area contributed by atoms with E-state index in [1.165, 1.54) is 18.2 Å². The van der Waals surface area contributed by atoms with Crippen molar-refractivity contribution in [3.63, 3.8) is 0 Å². The van der Waals surface area contributed by atoms with Crippen molar-refractivity contribution in [1.29, 1.82) is 0 Å². The van der Waals surface area contributed by atoms with Crippen LogP contribution in [0.25, 0.3) is 0 Å². The van der Waals surface area contributed by atoms with Gasteiger partial charge in [-0.3, -0.25) is 0 Å². The Hall–Kier alpha value is -1.57. The lowest BCUT2D eigenvalue weighted by atomic mass is 10.0. The summed E-state index contributed by atoms with van der Waals surface area (Å²) in [5, 5.41) is 7.76. The van der Waals surface area contributed by atoms with Gasteiger partial charge >= 0.3 is 6.03 Å². The first-order valence-corrected chi connectivity index (χ1v) is 10.4. The second kappa shape index (κ2) is 7.55. The SMILES string of the molecule is CC(C)[C@H](NC(=O)Nc1cc(S(C)(=O)=O)ccc1Cl)c1cccs1. The Bertz CT molecular complexity index is 818. The fraction of sp³-hybridized carbons (Fsp3) is 0.312. The quantitative estimate of drug-likeness (QED) is 0.803.